The zero-order valence-corrected chi connectivity index (χ0v) is 17.7. The van der Waals surface area contributed by atoms with Crippen molar-refractivity contribution >= 4 is 35.1 Å². The fraction of sp³-hybridized carbons (Fsp3) is 0.304. The van der Waals surface area contributed by atoms with Gasteiger partial charge in [0, 0.05) is 36.3 Å². The number of carbonyl (C=O) groups excluding carboxylic acids is 4. The summed E-state index contributed by atoms with van der Waals surface area (Å²) in [5, 5.41) is 4.73. The number of urea groups is 1. The topological polar surface area (TPSA) is 98.8 Å². The number of piperidine rings is 1. The molecule has 3 heterocycles. The number of halogens is 3. The summed E-state index contributed by atoms with van der Waals surface area (Å²) in [5.74, 6) is -1.32. The van der Waals surface area contributed by atoms with Crippen LogP contribution in [0.5, 0.6) is 0 Å². The second-order valence-electron chi connectivity index (χ2n) is 8.46. The van der Waals surface area contributed by atoms with Crippen LogP contribution in [-0.2, 0) is 22.6 Å². The third-order valence-electron chi connectivity index (χ3n) is 6.35. The summed E-state index contributed by atoms with van der Waals surface area (Å²) in [6, 6.07) is 6.95. The molecule has 1 saturated heterocycles. The van der Waals surface area contributed by atoms with Crippen molar-refractivity contribution in [2.24, 2.45) is 0 Å². The lowest BCUT2D eigenvalue weighted by atomic mass is 10.0. The molecule has 5 rings (SSSR count). The summed E-state index contributed by atoms with van der Waals surface area (Å²) >= 11 is 0. The van der Waals surface area contributed by atoms with Gasteiger partial charge in [-0.2, -0.15) is 13.2 Å². The van der Waals surface area contributed by atoms with E-state index in [-0.39, 0.29) is 43.1 Å². The molecule has 176 valence electrons. The first-order valence-electron chi connectivity index (χ1n) is 10.7. The van der Waals surface area contributed by atoms with E-state index in [0.717, 1.165) is 0 Å². The number of benzene rings is 2. The van der Waals surface area contributed by atoms with Crippen molar-refractivity contribution in [1.29, 1.82) is 0 Å². The van der Waals surface area contributed by atoms with E-state index in [1.807, 2.05) is 0 Å². The van der Waals surface area contributed by atoms with Crippen LogP contribution in [0.2, 0.25) is 0 Å². The molecule has 11 heteroatoms. The molecule has 5 amide bonds. The van der Waals surface area contributed by atoms with Gasteiger partial charge in [-0.3, -0.25) is 24.6 Å². The minimum atomic E-state index is -4.61. The van der Waals surface area contributed by atoms with Gasteiger partial charge in [0.25, 0.3) is 5.91 Å². The molecule has 0 radical (unpaired) electrons. The summed E-state index contributed by atoms with van der Waals surface area (Å²) in [5.41, 5.74) is 1.72. The van der Waals surface area contributed by atoms with Gasteiger partial charge in [0.15, 0.2) is 0 Å². The van der Waals surface area contributed by atoms with Crippen molar-refractivity contribution in [2.75, 3.05) is 10.2 Å². The second-order valence-corrected chi connectivity index (χ2v) is 8.46. The average Bonchev–Trinajstić information content (AvgIpc) is 3.32. The fourth-order valence-corrected chi connectivity index (χ4v) is 4.73. The van der Waals surface area contributed by atoms with Crippen molar-refractivity contribution < 1.29 is 32.3 Å². The quantitative estimate of drug-likeness (QED) is 0.657. The Morgan fingerprint density at radius 3 is 2.56 bits per heavy atom. The Balaban J connectivity index is 1.36. The first-order chi connectivity index (χ1) is 16.1. The number of hydrogen-bond donors (Lipinski definition) is 2. The molecule has 0 bridgehead atoms. The Morgan fingerprint density at radius 1 is 1.06 bits per heavy atom. The third-order valence-corrected chi connectivity index (χ3v) is 6.35. The number of carbonyl (C=O) groups is 4. The van der Waals surface area contributed by atoms with Gasteiger partial charge in [0.1, 0.15) is 12.1 Å². The minimum Gasteiger partial charge on any atom is -0.322 e. The molecule has 1 fully saturated rings. The van der Waals surface area contributed by atoms with Crippen LogP contribution in [0.3, 0.4) is 0 Å². The monoisotopic (exact) mass is 472 g/mol. The molecule has 2 aromatic rings. The number of rotatable bonds is 2. The second kappa shape index (κ2) is 7.86. The molecule has 2 aromatic carbocycles. The van der Waals surface area contributed by atoms with Crippen molar-refractivity contribution in [3.63, 3.8) is 0 Å². The van der Waals surface area contributed by atoms with Gasteiger partial charge in [-0.15, -0.1) is 0 Å². The van der Waals surface area contributed by atoms with Crippen LogP contribution < -0.4 is 15.5 Å². The van der Waals surface area contributed by atoms with Gasteiger partial charge < -0.3 is 10.2 Å². The van der Waals surface area contributed by atoms with Crippen molar-refractivity contribution in [1.82, 2.24) is 10.2 Å². The number of para-hydroxylation sites is 1. The SMILES string of the molecule is O=C1CC[C@@H](N2Cc3cc(NC(=O)N4c5ccccc5C[C@@H]4C(F)(F)F)ccc3C2=O)C(=O)N1. The summed E-state index contributed by atoms with van der Waals surface area (Å²) in [7, 11) is 0. The van der Waals surface area contributed by atoms with E-state index in [2.05, 4.69) is 10.6 Å². The standard InChI is InChI=1S/C23H19F3N4O4/c24-23(25,26)18-10-12-3-1-2-4-16(12)30(18)22(34)27-14-5-6-15-13(9-14)11-29(21(15)33)17-7-8-19(31)28-20(17)32/h1-6,9,17-18H,7-8,10-11H2,(H,27,34)(H,28,31,32)/t17-,18-/m1/s1. The maximum atomic E-state index is 13.7. The lowest BCUT2D eigenvalue weighted by molar-refractivity contribution is -0.145. The zero-order chi connectivity index (χ0) is 24.2. The van der Waals surface area contributed by atoms with Crippen LogP contribution in [0.15, 0.2) is 42.5 Å². The van der Waals surface area contributed by atoms with E-state index in [0.29, 0.717) is 21.6 Å². The minimum absolute atomic E-state index is 0.0852. The van der Waals surface area contributed by atoms with E-state index in [4.69, 9.17) is 0 Å². The molecule has 2 atom stereocenters. The van der Waals surface area contributed by atoms with Gasteiger partial charge in [0.2, 0.25) is 11.8 Å². The average molecular weight is 472 g/mol. The lowest BCUT2D eigenvalue weighted by Crippen LogP contribution is -2.52. The molecule has 0 unspecified atom stereocenters. The zero-order valence-electron chi connectivity index (χ0n) is 17.7. The highest BCUT2D eigenvalue weighted by Gasteiger charge is 2.50. The van der Waals surface area contributed by atoms with Crippen molar-refractivity contribution in [2.45, 2.75) is 44.1 Å². The van der Waals surface area contributed by atoms with Crippen LogP contribution in [0.25, 0.3) is 0 Å². The summed E-state index contributed by atoms with van der Waals surface area (Å²) < 4.78 is 41.0. The maximum Gasteiger partial charge on any atom is 0.409 e. The Hall–Kier alpha value is -3.89. The molecule has 34 heavy (non-hydrogen) atoms. The van der Waals surface area contributed by atoms with E-state index >= 15 is 0 Å². The van der Waals surface area contributed by atoms with Gasteiger partial charge in [-0.25, -0.2) is 4.79 Å². The molecule has 0 spiro atoms. The predicted octanol–water partition coefficient (Wildman–Crippen LogP) is 2.97. The number of alkyl halides is 3. The van der Waals surface area contributed by atoms with Gasteiger partial charge in [-0.05, 0) is 41.8 Å². The molecule has 0 aliphatic carbocycles. The molecular formula is C23H19F3N4O4. The Kier molecular flexibility index (Phi) is 5.07. The van der Waals surface area contributed by atoms with E-state index in [1.165, 1.54) is 29.2 Å². The van der Waals surface area contributed by atoms with Crippen LogP contribution in [-0.4, -0.2) is 46.9 Å². The van der Waals surface area contributed by atoms with Crippen molar-refractivity contribution in [3.05, 3.63) is 59.2 Å². The predicted molar refractivity (Wildman–Crippen MR) is 114 cm³/mol. The van der Waals surface area contributed by atoms with E-state index in [9.17, 15) is 32.3 Å². The van der Waals surface area contributed by atoms with Gasteiger partial charge >= 0.3 is 12.2 Å². The highest BCUT2D eigenvalue weighted by molar-refractivity contribution is 6.07. The van der Waals surface area contributed by atoms with Crippen LogP contribution >= 0.6 is 0 Å². The molecular weight excluding hydrogens is 453 g/mol. The molecule has 2 N–H and O–H groups in total. The smallest absolute Gasteiger partial charge is 0.322 e. The number of nitrogens with one attached hydrogen (secondary N) is 2. The fourth-order valence-electron chi connectivity index (χ4n) is 4.73. The maximum absolute atomic E-state index is 13.7. The highest BCUT2D eigenvalue weighted by atomic mass is 19.4. The summed E-state index contributed by atoms with van der Waals surface area (Å²) in [4.78, 5) is 51.4. The van der Waals surface area contributed by atoms with Gasteiger partial charge in [-0.1, -0.05) is 18.2 Å². The first kappa shape index (κ1) is 21.9. The third kappa shape index (κ3) is 3.66. The molecule has 3 aliphatic rings. The lowest BCUT2D eigenvalue weighted by Gasteiger charge is -2.29. The molecule has 0 aromatic heterocycles. The Bertz CT molecular complexity index is 1230. The Morgan fingerprint density at radius 2 is 1.82 bits per heavy atom. The van der Waals surface area contributed by atoms with Gasteiger partial charge in [0.05, 0.1) is 0 Å². The normalized spacial score (nSPS) is 21.9. The summed E-state index contributed by atoms with van der Waals surface area (Å²) in [6.07, 6.45) is -4.60. The number of anilines is 2. The van der Waals surface area contributed by atoms with Crippen LogP contribution in [0.1, 0.15) is 34.3 Å². The highest BCUT2D eigenvalue weighted by Crippen LogP contribution is 2.40. The van der Waals surface area contributed by atoms with E-state index in [1.54, 1.807) is 18.2 Å². The van der Waals surface area contributed by atoms with Crippen molar-refractivity contribution in [3.8, 4) is 0 Å². The largest absolute Gasteiger partial charge is 0.409 e. The molecule has 3 aliphatic heterocycles. The molecule has 0 saturated carbocycles. The number of hydrogen-bond acceptors (Lipinski definition) is 4. The Labute approximate surface area is 191 Å². The summed E-state index contributed by atoms with van der Waals surface area (Å²) in [6.45, 7) is 0.0852. The number of nitrogens with zero attached hydrogens (tertiary/aromatic N) is 2. The number of fused-ring (bicyclic) bond motifs is 2. The number of imide groups is 1. The first-order valence-corrected chi connectivity index (χ1v) is 10.7. The molecule has 8 nitrogen and oxygen atoms in total. The van der Waals surface area contributed by atoms with Crippen LogP contribution in [0, 0.1) is 0 Å². The van der Waals surface area contributed by atoms with E-state index < -0.39 is 36.1 Å². The number of amides is 5. The van der Waals surface area contributed by atoms with Crippen LogP contribution in [0.4, 0.5) is 29.3 Å².